The number of ether oxygens (including phenoxy) is 3. The van der Waals surface area contributed by atoms with E-state index >= 15 is 0 Å². The minimum Gasteiger partial charge on any atom is -0.467 e. The van der Waals surface area contributed by atoms with E-state index in [1.54, 1.807) is 19.1 Å². The monoisotopic (exact) mass is 437 g/mol. The Morgan fingerprint density at radius 2 is 1.41 bits per heavy atom. The molecule has 0 saturated carbocycles. The van der Waals surface area contributed by atoms with Crippen LogP contribution in [0.1, 0.15) is 18.4 Å². The lowest BCUT2D eigenvalue weighted by molar-refractivity contribution is -0.145. The van der Waals surface area contributed by atoms with E-state index in [4.69, 9.17) is 14.2 Å². The second-order valence-electron chi connectivity index (χ2n) is 5.78. The van der Waals surface area contributed by atoms with Crippen molar-refractivity contribution >= 4 is 33.8 Å². The lowest BCUT2D eigenvalue weighted by Crippen LogP contribution is -2.37. The smallest absolute Gasteiger partial charge is 0.336 e. The number of benzene rings is 1. The first kappa shape index (κ1) is 20.7. The van der Waals surface area contributed by atoms with E-state index in [0.29, 0.717) is 5.56 Å². The summed E-state index contributed by atoms with van der Waals surface area (Å²) in [5.74, 6) is -2.43. The Labute approximate surface area is 165 Å². The number of hydrogen-bond acceptors (Lipinski definition) is 7. The molecular weight excluding hydrogens is 418 g/mol. The van der Waals surface area contributed by atoms with Crippen LogP contribution in [0.4, 0.5) is 0 Å². The van der Waals surface area contributed by atoms with Crippen LogP contribution in [-0.4, -0.2) is 50.2 Å². The van der Waals surface area contributed by atoms with Gasteiger partial charge >= 0.3 is 17.9 Å². The standard InChI is InChI=1S/C19H20BrNO6/c1-11(17(22)25-2)21-9-14(18(23)26-3)16(15(10-21)19(24)27-4)12-5-7-13(20)8-6-12/h5-11,16H,1-4H3/t11-/m1/s1. The van der Waals surface area contributed by atoms with Gasteiger partial charge in [-0.25, -0.2) is 14.4 Å². The number of methoxy groups -OCH3 is 3. The summed E-state index contributed by atoms with van der Waals surface area (Å²) in [6, 6.07) is 6.45. The maximum atomic E-state index is 12.5. The summed E-state index contributed by atoms with van der Waals surface area (Å²) in [4.78, 5) is 38.3. The topological polar surface area (TPSA) is 82.1 Å². The molecule has 1 heterocycles. The van der Waals surface area contributed by atoms with Crippen molar-refractivity contribution in [2.75, 3.05) is 21.3 Å². The Morgan fingerprint density at radius 1 is 0.926 bits per heavy atom. The Balaban J connectivity index is 2.62. The molecule has 0 spiro atoms. The third-order valence-corrected chi connectivity index (χ3v) is 4.76. The first-order valence-corrected chi connectivity index (χ1v) is 8.84. The number of carbonyl (C=O) groups excluding carboxylic acids is 3. The second-order valence-corrected chi connectivity index (χ2v) is 6.70. The highest BCUT2D eigenvalue weighted by Crippen LogP contribution is 2.38. The molecule has 0 fully saturated rings. The van der Waals surface area contributed by atoms with Crippen molar-refractivity contribution < 1.29 is 28.6 Å². The second kappa shape index (κ2) is 8.85. The predicted octanol–water partition coefficient (Wildman–Crippen LogP) is 2.52. The van der Waals surface area contributed by atoms with Gasteiger partial charge in [0.2, 0.25) is 0 Å². The maximum absolute atomic E-state index is 12.5. The number of esters is 3. The molecule has 0 saturated heterocycles. The van der Waals surface area contributed by atoms with Crippen LogP contribution in [0.2, 0.25) is 0 Å². The fourth-order valence-corrected chi connectivity index (χ4v) is 3.05. The average Bonchev–Trinajstić information content (AvgIpc) is 2.71. The third kappa shape index (κ3) is 4.39. The summed E-state index contributed by atoms with van der Waals surface area (Å²) in [6.45, 7) is 1.60. The summed E-state index contributed by atoms with van der Waals surface area (Å²) in [7, 11) is 3.78. The van der Waals surface area contributed by atoms with Crippen molar-refractivity contribution in [1.29, 1.82) is 0 Å². The van der Waals surface area contributed by atoms with E-state index < -0.39 is 29.9 Å². The Hall–Kier alpha value is -2.61. The molecule has 1 aliphatic rings. The average molecular weight is 438 g/mol. The molecule has 1 aromatic rings. The lowest BCUT2D eigenvalue weighted by atomic mass is 9.83. The van der Waals surface area contributed by atoms with Crippen LogP contribution in [0.5, 0.6) is 0 Å². The first-order valence-electron chi connectivity index (χ1n) is 8.04. The molecule has 1 aromatic carbocycles. The van der Waals surface area contributed by atoms with E-state index in [9.17, 15) is 14.4 Å². The van der Waals surface area contributed by atoms with Gasteiger partial charge in [0.05, 0.1) is 38.4 Å². The Bertz CT molecular complexity index is 765. The number of rotatable bonds is 5. The Morgan fingerprint density at radius 3 is 1.81 bits per heavy atom. The highest BCUT2D eigenvalue weighted by Gasteiger charge is 2.37. The van der Waals surface area contributed by atoms with Gasteiger partial charge in [-0.3, -0.25) is 0 Å². The van der Waals surface area contributed by atoms with Crippen molar-refractivity contribution in [3.8, 4) is 0 Å². The number of halogens is 1. The van der Waals surface area contributed by atoms with Crippen LogP contribution in [0.25, 0.3) is 0 Å². The van der Waals surface area contributed by atoms with E-state index in [2.05, 4.69) is 15.9 Å². The van der Waals surface area contributed by atoms with Gasteiger partial charge in [-0.15, -0.1) is 0 Å². The largest absolute Gasteiger partial charge is 0.467 e. The predicted molar refractivity (Wildman–Crippen MR) is 100 cm³/mol. The maximum Gasteiger partial charge on any atom is 0.336 e. The molecule has 0 aliphatic carbocycles. The summed E-state index contributed by atoms with van der Waals surface area (Å²) >= 11 is 3.37. The highest BCUT2D eigenvalue weighted by molar-refractivity contribution is 9.10. The summed E-state index contributed by atoms with van der Waals surface area (Å²) < 4.78 is 15.4. The zero-order chi connectivity index (χ0) is 20.1. The van der Waals surface area contributed by atoms with Crippen molar-refractivity contribution in [3.05, 3.63) is 57.8 Å². The molecule has 0 amide bonds. The van der Waals surface area contributed by atoms with E-state index in [-0.39, 0.29) is 11.1 Å². The van der Waals surface area contributed by atoms with Crippen molar-refractivity contribution in [2.45, 2.75) is 18.9 Å². The Kier molecular flexibility index (Phi) is 6.79. The third-order valence-electron chi connectivity index (χ3n) is 4.23. The van der Waals surface area contributed by atoms with Gasteiger partial charge in [-0.05, 0) is 24.6 Å². The number of hydrogen-bond donors (Lipinski definition) is 0. The van der Waals surface area contributed by atoms with E-state index in [1.807, 2.05) is 12.1 Å². The first-order chi connectivity index (χ1) is 12.8. The SMILES string of the molecule is COC(=O)C1=CN([C@H](C)C(=O)OC)C=C(C(=O)OC)C1c1ccc(Br)cc1. The molecule has 8 heteroatoms. The molecule has 1 aliphatic heterocycles. The van der Waals surface area contributed by atoms with Crippen LogP contribution in [-0.2, 0) is 28.6 Å². The van der Waals surface area contributed by atoms with Crippen LogP contribution in [0.15, 0.2) is 52.3 Å². The quantitative estimate of drug-likeness (QED) is 0.516. The van der Waals surface area contributed by atoms with Gasteiger partial charge in [-0.1, -0.05) is 28.1 Å². The van der Waals surface area contributed by atoms with Crippen LogP contribution in [0, 0.1) is 0 Å². The fourth-order valence-electron chi connectivity index (χ4n) is 2.78. The number of nitrogens with zero attached hydrogens (tertiary/aromatic N) is 1. The van der Waals surface area contributed by atoms with E-state index in [1.165, 1.54) is 38.6 Å². The van der Waals surface area contributed by atoms with Gasteiger partial charge in [0, 0.05) is 16.9 Å². The van der Waals surface area contributed by atoms with Crippen molar-refractivity contribution in [2.24, 2.45) is 0 Å². The molecule has 2 rings (SSSR count). The molecule has 0 aromatic heterocycles. The lowest BCUT2D eigenvalue weighted by Gasteiger charge is -2.32. The summed E-state index contributed by atoms with van der Waals surface area (Å²) in [5.41, 5.74) is 1.12. The van der Waals surface area contributed by atoms with Crippen LogP contribution in [0.3, 0.4) is 0 Å². The molecule has 27 heavy (non-hydrogen) atoms. The molecule has 144 valence electrons. The molecule has 0 bridgehead atoms. The van der Waals surface area contributed by atoms with Crippen molar-refractivity contribution in [1.82, 2.24) is 4.90 Å². The number of carbonyl (C=O) groups is 3. The molecular formula is C19H20BrNO6. The molecule has 0 radical (unpaired) electrons. The van der Waals surface area contributed by atoms with Gasteiger partial charge < -0.3 is 19.1 Å². The molecule has 1 atom stereocenters. The zero-order valence-electron chi connectivity index (χ0n) is 15.4. The van der Waals surface area contributed by atoms with E-state index in [0.717, 1.165) is 4.47 Å². The van der Waals surface area contributed by atoms with Crippen LogP contribution >= 0.6 is 15.9 Å². The van der Waals surface area contributed by atoms with Crippen molar-refractivity contribution in [3.63, 3.8) is 0 Å². The normalized spacial score (nSPS) is 15.4. The van der Waals surface area contributed by atoms with Gasteiger partial charge in [0.1, 0.15) is 6.04 Å². The zero-order valence-corrected chi connectivity index (χ0v) is 17.0. The summed E-state index contributed by atoms with van der Waals surface area (Å²) in [5, 5.41) is 0. The minimum atomic E-state index is -0.750. The molecule has 0 unspecified atom stereocenters. The van der Waals surface area contributed by atoms with Gasteiger partial charge in [0.15, 0.2) is 0 Å². The van der Waals surface area contributed by atoms with Gasteiger partial charge in [0.25, 0.3) is 0 Å². The molecule has 7 nitrogen and oxygen atoms in total. The van der Waals surface area contributed by atoms with Gasteiger partial charge in [-0.2, -0.15) is 0 Å². The fraction of sp³-hybridized carbons (Fsp3) is 0.316. The highest BCUT2D eigenvalue weighted by atomic mass is 79.9. The summed E-state index contributed by atoms with van der Waals surface area (Å²) in [6.07, 6.45) is 2.99. The molecule has 0 N–H and O–H groups in total. The minimum absolute atomic E-state index is 0.207. The van der Waals surface area contributed by atoms with Crippen LogP contribution < -0.4 is 0 Å².